The Morgan fingerprint density at radius 3 is 2.23 bits per heavy atom. The lowest BCUT2D eigenvalue weighted by Crippen LogP contribution is -2.03. The molecule has 0 aromatic heterocycles. The summed E-state index contributed by atoms with van der Waals surface area (Å²) in [6.45, 7) is 0. The van der Waals surface area contributed by atoms with Crippen LogP contribution >= 0.6 is 0 Å². The topological polar surface area (TPSA) is 24.7 Å². The van der Waals surface area contributed by atoms with Gasteiger partial charge >= 0.3 is 6.18 Å². The molecule has 2 nitrogen and oxygen atoms in total. The van der Waals surface area contributed by atoms with Crippen molar-refractivity contribution in [1.82, 2.24) is 0 Å². The minimum absolute atomic E-state index is 0.508. The van der Waals surface area contributed by atoms with Gasteiger partial charge in [0, 0.05) is 11.0 Å². The van der Waals surface area contributed by atoms with Crippen molar-refractivity contribution in [3.8, 4) is 0 Å². The van der Waals surface area contributed by atoms with Gasteiger partial charge in [-0.15, -0.1) is 0 Å². The quantitative estimate of drug-likeness (QED) is 0.728. The molecule has 0 bridgehead atoms. The van der Waals surface area contributed by atoms with Crippen LogP contribution in [0.4, 0.5) is 18.9 Å². The zero-order valence-electron chi connectivity index (χ0n) is 11.3. The summed E-state index contributed by atoms with van der Waals surface area (Å²) in [5, 5.41) is 1.91. The number of nitrogens with zero attached hydrogens (tertiary/aromatic N) is 2. The summed E-state index contributed by atoms with van der Waals surface area (Å²) in [5.41, 5.74) is 3.37. The van der Waals surface area contributed by atoms with Crippen LogP contribution in [0.1, 0.15) is 11.1 Å². The average Bonchev–Trinajstić information content (AvgIpc) is 2.96. The number of benzene rings is 2. The van der Waals surface area contributed by atoms with Gasteiger partial charge in [-0.3, -0.25) is 0 Å². The molecule has 6 heteroatoms. The maximum absolute atomic E-state index is 12.5. The van der Waals surface area contributed by atoms with Gasteiger partial charge < -0.3 is 0 Å². The van der Waals surface area contributed by atoms with Crippen LogP contribution in [-0.4, -0.2) is 5.55 Å². The van der Waals surface area contributed by atoms with Crippen molar-refractivity contribution in [1.29, 1.82) is 0 Å². The molecule has 0 fully saturated rings. The Morgan fingerprint density at radius 1 is 0.909 bits per heavy atom. The molecule has 112 valence electrons. The van der Waals surface area contributed by atoms with E-state index in [1.54, 1.807) is 5.55 Å². The summed E-state index contributed by atoms with van der Waals surface area (Å²) in [6, 6.07) is 14.5. The molecule has 2 aromatic carbocycles. The van der Waals surface area contributed by atoms with E-state index in [1.165, 1.54) is 12.1 Å². The molecule has 22 heavy (non-hydrogen) atoms. The first-order chi connectivity index (χ1) is 10.5. The molecule has 0 saturated carbocycles. The van der Waals surface area contributed by atoms with Crippen LogP contribution in [0.2, 0.25) is 0 Å². The molecule has 1 unspecified atom stereocenters. The van der Waals surface area contributed by atoms with Gasteiger partial charge in [0.15, 0.2) is 0 Å². The molecule has 0 N–H and O–H groups in total. The second-order valence-corrected chi connectivity index (χ2v) is 5.91. The Balaban J connectivity index is 1.82. The third-order valence-corrected chi connectivity index (χ3v) is 4.21. The molecule has 2 aromatic rings. The maximum atomic E-state index is 12.5. The van der Waals surface area contributed by atoms with Crippen molar-refractivity contribution in [3.05, 3.63) is 71.1 Å². The molecule has 1 heterocycles. The van der Waals surface area contributed by atoms with Gasteiger partial charge in [0.05, 0.1) is 22.5 Å². The normalized spacial score (nSPS) is 17.8. The van der Waals surface area contributed by atoms with E-state index in [-0.39, 0.29) is 0 Å². The monoisotopic (exact) mass is 320 g/mol. The van der Waals surface area contributed by atoms with Gasteiger partial charge in [-0.2, -0.15) is 13.2 Å². The van der Waals surface area contributed by atoms with E-state index in [0.29, 0.717) is 5.69 Å². The minimum atomic E-state index is -4.32. The summed E-state index contributed by atoms with van der Waals surface area (Å²) < 4.78 is 41.9. The lowest BCUT2D eigenvalue weighted by molar-refractivity contribution is -0.137. The second kappa shape index (κ2) is 5.88. The van der Waals surface area contributed by atoms with Crippen LogP contribution < -0.4 is 0 Å². The van der Waals surface area contributed by atoms with Crippen molar-refractivity contribution in [2.75, 3.05) is 0 Å². The zero-order chi connectivity index (χ0) is 15.6. The fraction of sp³-hybridized carbons (Fsp3) is 0.0625. The molecule has 1 aliphatic rings. The third-order valence-electron chi connectivity index (χ3n) is 3.01. The summed E-state index contributed by atoms with van der Waals surface area (Å²) in [5.74, 6) is 0. The van der Waals surface area contributed by atoms with Gasteiger partial charge in [-0.25, -0.2) is 9.36 Å². The standard InChI is InChI=1S/C16H11F3N2S/c17-16(18,19)13-6-8-14(9-7-13)21-22-10-15(20-11-22)12-4-2-1-3-5-12/h1-11H. The van der Waals surface area contributed by atoms with Gasteiger partial charge in [0.25, 0.3) is 0 Å². The number of hydrogen-bond donors (Lipinski definition) is 0. The predicted molar refractivity (Wildman–Crippen MR) is 83.8 cm³/mol. The van der Waals surface area contributed by atoms with E-state index in [1.807, 2.05) is 35.7 Å². The highest BCUT2D eigenvalue weighted by atomic mass is 32.2. The number of halogens is 3. The fourth-order valence-electron chi connectivity index (χ4n) is 1.92. The van der Waals surface area contributed by atoms with Gasteiger partial charge in [-0.05, 0) is 35.0 Å². The van der Waals surface area contributed by atoms with Crippen molar-refractivity contribution in [3.63, 3.8) is 0 Å². The first-order valence-corrected chi connectivity index (χ1v) is 7.76. The molecule has 0 amide bonds. The lowest BCUT2D eigenvalue weighted by atomic mass is 10.2. The van der Waals surface area contributed by atoms with E-state index in [4.69, 9.17) is 0 Å². The fourth-order valence-corrected chi connectivity index (χ4v) is 3.09. The Kier molecular flexibility index (Phi) is 3.94. The van der Waals surface area contributed by atoms with Crippen molar-refractivity contribution < 1.29 is 13.2 Å². The Hall–Kier alpha value is -2.21. The predicted octanol–water partition coefficient (Wildman–Crippen LogP) is 5.18. The Bertz CT molecular complexity index is 760. The number of rotatable bonds is 2. The van der Waals surface area contributed by atoms with E-state index < -0.39 is 22.4 Å². The second-order valence-electron chi connectivity index (χ2n) is 4.59. The van der Waals surface area contributed by atoms with Crippen molar-refractivity contribution in [2.24, 2.45) is 9.36 Å². The van der Waals surface area contributed by atoms with Gasteiger partial charge in [0.1, 0.15) is 0 Å². The van der Waals surface area contributed by atoms with E-state index in [9.17, 15) is 13.2 Å². The smallest absolute Gasteiger partial charge is 0.247 e. The first-order valence-electron chi connectivity index (χ1n) is 6.45. The molecule has 1 atom stereocenters. The molecule has 0 saturated heterocycles. The maximum Gasteiger partial charge on any atom is 0.416 e. The summed E-state index contributed by atoms with van der Waals surface area (Å²) in [7, 11) is -0.547. The van der Waals surface area contributed by atoms with E-state index in [2.05, 4.69) is 9.36 Å². The molecule has 0 spiro atoms. The lowest BCUT2D eigenvalue weighted by Gasteiger charge is -2.05. The molecular weight excluding hydrogens is 309 g/mol. The van der Waals surface area contributed by atoms with Crippen LogP contribution in [0.15, 0.2) is 69.4 Å². The molecule has 0 aliphatic carbocycles. The molecule has 3 rings (SSSR count). The van der Waals surface area contributed by atoms with Crippen LogP contribution in [0.3, 0.4) is 0 Å². The first kappa shape index (κ1) is 14.7. The van der Waals surface area contributed by atoms with Crippen LogP contribution in [0, 0.1) is 0 Å². The highest BCUT2D eigenvalue weighted by Gasteiger charge is 2.29. The van der Waals surface area contributed by atoms with Crippen LogP contribution in [-0.2, 0) is 16.9 Å². The third kappa shape index (κ3) is 3.33. The number of alkyl halides is 3. The summed E-state index contributed by atoms with van der Waals surface area (Å²) in [4.78, 5) is 4.32. The zero-order valence-corrected chi connectivity index (χ0v) is 12.1. The highest BCUT2D eigenvalue weighted by molar-refractivity contribution is 8.03. The number of hydrogen-bond acceptors (Lipinski definition) is 2. The van der Waals surface area contributed by atoms with Crippen LogP contribution in [0.5, 0.6) is 0 Å². The van der Waals surface area contributed by atoms with E-state index >= 15 is 0 Å². The van der Waals surface area contributed by atoms with Crippen LogP contribution in [0.25, 0.3) is 5.70 Å². The highest BCUT2D eigenvalue weighted by Crippen LogP contribution is 2.31. The minimum Gasteiger partial charge on any atom is -0.247 e. The van der Waals surface area contributed by atoms with Crippen molar-refractivity contribution >= 4 is 27.6 Å². The largest absolute Gasteiger partial charge is 0.416 e. The summed E-state index contributed by atoms with van der Waals surface area (Å²) in [6.07, 6.45) is -4.32. The van der Waals surface area contributed by atoms with Crippen molar-refractivity contribution in [2.45, 2.75) is 6.18 Å². The Morgan fingerprint density at radius 2 is 1.59 bits per heavy atom. The van der Waals surface area contributed by atoms with E-state index in [0.717, 1.165) is 23.4 Å². The average molecular weight is 320 g/mol. The SMILES string of the molecule is FC(F)(F)c1ccc(N=S2C=NC(c3ccccc3)=C2)cc1. The molecular formula is C16H11F3N2S. The Labute approximate surface area is 128 Å². The van der Waals surface area contributed by atoms with Gasteiger partial charge in [-0.1, -0.05) is 30.3 Å². The number of aliphatic imine (C=N–C) groups is 1. The van der Waals surface area contributed by atoms with Gasteiger partial charge in [0.2, 0.25) is 0 Å². The summed E-state index contributed by atoms with van der Waals surface area (Å²) >= 11 is 0. The molecule has 0 radical (unpaired) electrons. The molecule has 1 aliphatic heterocycles.